The lowest BCUT2D eigenvalue weighted by atomic mass is 10.2. The number of carbonyl (C=O) groups excluding carboxylic acids is 1. The fourth-order valence-electron chi connectivity index (χ4n) is 2.28. The zero-order valence-electron chi connectivity index (χ0n) is 13.3. The van der Waals surface area contributed by atoms with Crippen LogP contribution < -0.4 is 5.32 Å². The van der Waals surface area contributed by atoms with E-state index in [1.165, 1.54) is 11.3 Å². The molecule has 3 rings (SSSR count). The van der Waals surface area contributed by atoms with Gasteiger partial charge in [0.05, 0.1) is 17.8 Å². The number of anilines is 1. The molecule has 0 radical (unpaired) electrons. The Hall–Kier alpha value is -2.25. The Morgan fingerprint density at radius 2 is 2.04 bits per heavy atom. The molecule has 8 heteroatoms. The SMILES string of the molecule is CCc1nnc(NC(=O)c2c(C)nn(Cc3ccccc3)c2Cl)s1. The molecule has 1 amide bonds. The molecule has 0 spiro atoms. The summed E-state index contributed by atoms with van der Waals surface area (Å²) in [5.74, 6) is -0.324. The molecule has 0 aliphatic rings. The van der Waals surface area contributed by atoms with Crippen LogP contribution in [-0.2, 0) is 13.0 Å². The molecule has 124 valence electrons. The predicted octanol–water partition coefficient (Wildman–Crippen LogP) is 3.56. The second-order valence-corrected chi connectivity index (χ2v) is 6.62. The van der Waals surface area contributed by atoms with Gasteiger partial charge in [-0.1, -0.05) is 60.2 Å². The number of halogens is 1. The standard InChI is InChI=1S/C16H16ClN5OS/c1-3-12-19-20-16(24-12)18-15(23)13-10(2)21-22(14(13)17)9-11-7-5-4-6-8-11/h4-8H,3,9H2,1-2H3,(H,18,20,23). The molecule has 0 bridgehead atoms. The monoisotopic (exact) mass is 361 g/mol. The third-order valence-corrected chi connectivity index (χ3v) is 4.82. The predicted molar refractivity (Wildman–Crippen MR) is 94.8 cm³/mol. The first kappa shape index (κ1) is 16.6. The summed E-state index contributed by atoms with van der Waals surface area (Å²) < 4.78 is 1.62. The number of benzene rings is 1. The maximum atomic E-state index is 12.5. The van der Waals surface area contributed by atoms with Crippen LogP contribution >= 0.6 is 22.9 Å². The highest BCUT2D eigenvalue weighted by Gasteiger charge is 2.21. The molecule has 0 saturated heterocycles. The maximum absolute atomic E-state index is 12.5. The molecule has 0 atom stereocenters. The second kappa shape index (κ2) is 7.11. The summed E-state index contributed by atoms with van der Waals surface area (Å²) in [4.78, 5) is 12.5. The molecule has 0 aliphatic heterocycles. The summed E-state index contributed by atoms with van der Waals surface area (Å²) >= 11 is 7.73. The van der Waals surface area contributed by atoms with Crippen LogP contribution in [0.25, 0.3) is 0 Å². The van der Waals surface area contributed by atoms with Gasteiger partial charge in [-0.2, -0.15) is 5.10 Å². The molecule has 0 aliphatic carbocycles. The second-order valence-electron chi connectivity index (χ2n) is 5.20. The summed E-state index contributed by atoms with van der Waals surface area (Å²) in [6.07, 6.45) is 0.780. The molecule has 2 aromatic heterocycles. The van der Waals surface area contributed by atoms with Crippen molar-refractivity contribution in [1.29, 1.82) is 0 Å². The van der Waals surface area contributed by atoms with Gasteiger partial charge in [-0.25, -0.2) is 4.68 Å². The lowest BCUT2D eigenvalue weighted by Crippen LogP contribution is -2.13. The van der Waals surface area contributed by atoms with Crippen molar-refractivity contribution in [2.45, 2.75) is 26.8 Å². The van der Waals surface area contributed by atoms with E-state index < -0.39 is 0 Å². The van der Waals surface area contributed by atoms with E-state index in [0.717, 1.165) is 17.0 Å². The van der Waals surface area contributed by atoms with Crippen LogP contribution in [0.2, 0.25) is 5.15 Å². The Morgan fingerprint density at radius 1 is 1.29 bits per heavy atom. The number of aryl methyl sites for hydroxylation is 2. The van der Waals surface area contributed by atoms with Crippen molar-refractivity contribution >= 4 is 34.0 Å². The molecule has 1 N–H and O–H groups in total. The van der Waals surface area contributed by atoms with Crippen LogP contribution in [0.4, 0.5) is 5.13 Å². The van der Waals surface area contributed by atoms with Gasteiger partial charge in [-0.3, -0.25) is 10.1 Å². The summed E-state index contributed by atoms with van der Waals surface area (Å²) in [5, 5.41) is 16.7. The summed E-state index contributed by atoms with van der Waals surface area (Å²) in [6, 6.07) is 9.83. The van der Waals surface area contributed by atoms with E-state index in [9.17, 15) is 4.79 Å². The van der Waals surface area contributed by atoms with Crippen molar-refractivity contribution in [3.63, 3.8) is 0 Å². The van der Waals surface area contributed by atoms with E-state index in [-0.39, 0.29) is 5.91 Å². The lowest BCUT2D eigenvalue weighted by Gasteiger charge is -2.04. The highest BCUT2D eigenvalue weighted by molar-refractivity contribution is 7.15. The van der Waals surface area contributed by atoms with Gasteiger partial charge >= 0.3 is 0 Å². The zero-order valence-corrected chi connectivity index (χ0v) is 14.9. The summed E-state index contributed by atoms with van der Waals surface area (Å²) in [5.41, 5.74) is 2.00. The summed E-state index contributed by atoms with van der Waals surface area (Å²) in [7, 11) is 0. The van der Waals surface area contributed by atoms with Crippen molar-refractivity contribution in [2.24, 2.45) is 0 Å². The molecular formula is C16H16ClN5OS. The molecule has 0 saturated carbocycles. The fourth-order valence-corrected chi connectivity index (χ4v) is 3.27. The first-order valence-electron chi connectivity index (χ1n) is 7.49. The summed E-state index contributed by atoms with van der Waals surface area (Å²) in [6.45, 7) is 4.26. The number of aromatic nitrogens is 4. The van der Waals surface area contributed by atoms with E-state index >= 15 is 0 Å². The Morgan fingerprint density at radius 3 is 2.71 bits per heavy atom. The normalized spacial score (nSPS) is 10.8. The third kappa shape index (κ3) is 3.47. The van der Waals surface area contributed by atoms with Crippen molar-refractivity contribution in [2.75, 3.05) is 5.32 Å². The van der Waals surface area contributed by atoms with Crippen LogP contribution in [0.5, 0.6) is 0 Å². The van der Waals surface area contributed by atoms with Crippen LogP contribution in [0.3, 0.4) is 0 Å². The van der Waals surface area contributed by atoms with Gasteiger partial charge in [-0.05, 0) is 18.9 Å². The molecule has 24 heavy (non-hydrogen) atoms. The molecular weight excluding hydrogens is 346 g/mol. The Labute approximate surface area is 148 Å². The quantitative estimate of drug-likeness (QED) is 0.754. The number of nitrogens with one attached hydrogen (secondary N) is 1. The maximum Gasteiger partial charge on any atom is 0.262 e. The molecule has 3 aromatic rings. The van der Waals surface area contributed by atoms with E-state index in [4.69, 9.17) is 11.6 Å². The Balaban J connectivity index is 1.81. The van der Waals surface area contributed by atoms with E-state index in [0.29, 0.717) is 28.1 Å². The van der Waals surface area contributed by atoms with Gasteiger partial charge in [-0.15, -0.1) is 10.2 Å². The topological polar surface area (TPSA) is 72.7 Å². The Bertz CT molecular complexity index is 859. The van der Waals surface area contributed by atoms with Gasteiger partial charge < -0.3 is 0 Å². The van der Waals surface area contributed by atoms with Gasteiger partial charge in [0.1, 0.15) is 10.2 Å². The van der Waals surface area contributed by atoms with Crippen molar-refractivity contribution < 1.29 is 4.79 Å². The molecule has 1 aromatic carbocycles. The lowest BCUT2D eigenvalue weighted by molar-refractivity contribution is 0.102. The van der Waals surface area contributed by atoms with E-state index in [1.807, 2.05) is 37.3 Å². The minimum Gasteiger partial charge on any atom is -0.296 e. The average molecular weight is 362 g/mol. The van der Waals surface area contributed by atoms with Gasteiger partial charge in [0.25, 0.3) is 5.91 Å². The first-order chi connectivity index (χ1) is 11.6. The van der Waals surface area contributed by atoms with E-state index in [2.05, 4.69) is 20.6 Å². The third-order valence-electron chi connectivity index (χ3n) is 3.46. The number of amides is 1. The first-order valence-corrected chi connectivity index (χ1v) is 8.68. The van der Waals surface area contributed by atoms with Gasteiger partial charge in [0.15, 0.2) is 0 Å². The molecule has 2 heterocycles. The molecule has 0 unspecified atom stereocenters. The minimum absolute atomic E-state index is 0.314. The van der Waals surface area contributed by atoms with Crippen molar-refractivity contribution in [3.8, 4) is 0 Å². The smallest absolute Gasteiger partial charge is 0.262 e. The average Bonchev–Trinajstić information content (AvgIpc) is 3.13. The number of rotatable bonds is 5. The zero-order chi connectivity index (χ0) is 17.1. The van der Waals surface area contributed by atoms with E-state index in [1.54, 1.807) is 11.6 Å². The van der Waals surface area contributed by atoms with Crippen LogP contribution in [0, 0.1) is 6.92 Å². The Kier molecular flexibility index (Phi) is 4.92. The minimum atomic E-state index is -0.324. The van der Waals surface area contributed by atoms with Crippen LogP contribution in [0.1, 0.15) is 33.5 Å². The molecule has 6 nitrogen and oxygen atoms in total. The number of nitrogens with zero attached hydrogens (tertiary/aromatic N) is 4. The van der Waals surface area contributed by atoms with Crippen molar-refractivity contribution in [1.82, 2.24) is 20.0 Å². The highest BCUT2D eigenvalue weighted by Crippen LogP contribution is 2.23. The fraction of sp³-hybridized carbons (Fsp3) is 0.250. The number of hydrogen-bond acceptors (Lipinski definition) is 5. The largest absolute Gasteiger partial charge is 0.296 e. The van der Waals surface area contributed by atoms with Crippen molar-refractivity contribution in [3.05, 3.63) is 57.3 Å². The van der Waals surface area contributed by atoms with Crippen LogP contribution in [0.15, 0.2) is 30.3 Å². The van der Waals surface area contributed by atoms with Crippen LogP contribution in [-0.4, -0.2) is 25.9 Å². The molecule has 0 fully saturated rings. The highest BCUT2D eigenvalue weighted by atomic mass is 35.5. The number of hydrogen-bond donors (Lipinski definition) is 1. The number of carbonyl (C=O) groups is 1. The van der Waals surface area contributed by atoms with Gasteiger partial charge in [0, 0.05) is 0 Å². The van der Waals surface area contributed by atoms with Gasteiger partial charge in [0.2, 0.25) is 5.13 Å².